The van der Waals surface area contributed by atoms with Crippen LogP contribution in [0.1, 0.15) is 24.2 Å². The van der Waals surface area contributed by atoms with Crippen molar-refractivity contribution < 1.29 is 19.6 Å². The van der Waals surface area contributed by atoms with E-state index in [1.807, 2.05) is 0 Å². The molecule has 0 bridgehead atoms. The average Bonchev–Trinajstić information content (AvgIpc) is 2.37. The lowest BCUT2D eigenvalue weighted by atomic mass is 10.1. The van der Waals surface area contributed by atoms with Crippen molar-refractivity contribution >= 4 is 17.3 Å². The first kappa shape index (κ1) is 14.9. The maximum absolute atomic E-state index is 11.4. The summed E-state index contributed by atoms with van der Waals surface area (Å²) in [5, 5.41) is 23.0. The minimum absolute atomic E-state index is 0.159. The third-order valence-electron chi connectivity index (χ3n) is 2.48. The number of esters is 1. The van der Waals surface area contributed by atoms with Crippen LogP contribution in [-0.2, 0) is 4.74 Å². The monoisotopic (exact) mass is 268 g/mol. The molecule has 0 aliphatic heterocycles. The lowest BCUT2D eigenvalue weighted by molar-refractivity contribution is -0.384. The van der Waals surface area contributed by atoms with Crippen molar-refractivity contribution in [3.63, 3.8) is 0 Å². The molecule has 0 unspecified atom stereocenters. The number of methoxy groups -OCH3 is 1. The smallest absolute Gasteiger partial charge is 0.337 e. The fourth-order valence-corrected chi connectivity index (χ4v) is 1.44. The Hall–Kier alpha value is -2.15. The van der Waals surface area contributed by atoms with Crippen LogP contribution < -0.4 is 5.32 Å². The Morgan fingerprint density at radius 1 is 1.53 bits per heavy atom. The lowest BCUT2D eigenvalue weighted by Crippen LogP contribution is -2.35. The number of hydrogen-bond acceptors (Lipinski definition) is 6. The Labute approximate surface area is 110 Å². The quantitative estimate of drug-likeness (QED) is 0.477. The number of hydrogen-bond donors (Lipinski definition) is 2. The second kappa shape index (κ2) is 5.66. The van der Waals surface area contributed by atoms with Crippen molar-refractivity contribution in [2.75, 3.05) is 19.0 Å². The number of anilines is 1. The summed E-state index contributed by atoms with van der Waals surface area (Å²) >= 11 is 0. The second-order valence-electron chi connectivity index (χ2n) is 4.65. The van der Waals surface area contributed by atoms with Gasteiger partial charge in [0, 0.05) is 6.07 Å². The number of aliphatic hydroxyl groups excluding tert-OH is 1. The van der Waals surface area contributed by atoms with Crippen LogP contribution in [0.25, 0.3) is 0 Å². The van der Waals surface area contributed by atoms with Gasteiger partial charge in [0.25, 0.3) is 5.69 Å². The molecule has 0 amide bonds. The van der Waals surface area contributed by atoms with Crippen LogP contribution in [0.2, 0.25) is 0 Å². The van der Waals surface area contributed by atoms with E-state index >= 15 is 0 Å². The molecule has 0 heterocycles. The van der Waals surface area contributed by atoms with Gasteiger partial charge in [-0.05, 0) is 26.0 Å². The average molecular weight is 268 g/mol. The molecule has 0 saturated heterocycles. The van der Waals surface area contributed by atoms with Gasteiger partial charge in [0.2, 0.25) is 0 Å². The maximum atomic E-state index is 11.4. The van der Waals surface area contributed by atoms with Gasteiger partial charge in [-0.15, -0.1) is 0 Å². The Morgan fingerprint density at radius 2 is 2.16 bits per heavy atom. The molecule has 0 fully saturated rings. The predicted molar refractivity (Wildman–Crippen MR) is 69.2 cm³/mol. The number of nitrogens with one attached hydrogen (secondary N) is 1. The molecular weight excluding hydrogens is 252 g/mol. The van der Waals surface area contributed by atoms with Crippen molar-refractivity contribution in [2.24, 2.45) is 0 Å². The molecule has 0 aliphatic rings. The van der Waals surface area contributed by atoms with Gasteiger partial charge in [-0.2, -0.15) is 0 Å². The van der Waals surface area contributed by atoms with E-state index in [0.717, 1.165) is 0 Å². The van der Waals surface area contributed by atoms with Crippen molar-refractivity contribution in [1.82, 2.24) is 0 Å². The molecule has 0 radical (unpaired) electrons. The van der Waals surface area contributed by atoms with Crippen LogP contribution in [0.5, 0.6) is 0 Å². The normalized spacial score (nSPS) is 10.9. The van der Waals surface area contributed by atoms with Gasteiger partial charge in [0.15, 0.2) is 0 Å². The number of carbonyl (C=O) groups excluding carboxylic acids is 1. The van der Waals surface area contributed by atoms with Crippen LogP contribution in [0.15, 0.2) is 18.2 Å². The molecule has 0 aromatic heterocycles. The van der Waals surface area contributed by atoms with Crippen LogP contribution in [0.3, 0.4) is 0 Å². The first-order valence-electron chi connectivity index (χ1n) is 5.56. The Bertz CT molecular complexity index is 499. The van der Waals surface area contributed by atoms with Crippen LogP contribution in [-0.4, -0.2) is 35.3 Å². The number of nitro groups is 1. The first-order valence-corrected chi connectivity index (χ1v) is 5.56. The minimum Gasteiger partial charge on any atom is -0.465 e. The van der Waals surface area contributed by atoms with E-state index in [1.165, 1.54) is 25.3 Å². The van der Waals surface area contributed by atoms with E-state index in [2.05, 4.69) is 10.1 Å². The van der Waals surface area contributed by atoms with E-state index in [4.69, 9.17) is 0 Å². The zero-order chi connectivity index (χ0) is 14.6. The van der Waals surface area contributed by atoms with Gasteiger partial charge in [0.1, 0.15) is 5.69 Å². The third-order valence-corrected chi connectivity index (χ3v) is 2.48. The zero-order valence-electron chi connectivity index (χ0n) is 11.0. The highest BCUT2D eigenvalue weighted by atomic mass is 16.6. The van der Waals surface area contributed by atoms with Crippen molar-refractivity contribution in [3.8, 4) is 0 Å². The summed E-state index contributed by atoms with van der Waals surface area (Å²) in [4.78, 5) is 21.8. The molecule has 7 heteroatoms. The second-order valence-corrected chi connectivity index (χ2v) is 4.65. The van der Waals surface area contributed by atoms with Gasteiger partial charge in [-0.3, -0.25) is 10.1 Å². The molecule has 0 saturated carbocycles. The predicted octanol–water partition coefficient (Wildman–Crippen LogP) is 1.56. The molecule has 0 atom stereocenters. The summed E-state index contributed by atoms with van der Waals surface area (Å²) in [6, 6.07) is 3.88. The van der Waals surface area contributed by atoms with Crippen LogP contribution >= 0.6 is 0 Å². The number of nitrogens with zero attached hydrogens (tertiary/aromatic N) is 1. The fourth-order valence-electron chi connectivity index (χ4n) is 1.44. The fraction of sp³-hybridized carbons (Fsp3) is 0.417. The molecule has 1 aromatic carbocycles. The zero-order valence-corrected chi connectivity index (χ0v) is 11.0. The highest BCUT2D eigenvalue weighted by molar-refractivity contribution is 5.91. The summed E-state index contributed by atoms with van der Waals surface area (Å²) in [5.74, 6) is -0.584. The summed E-state index contributed by atoms with van der Waals surface area (Å²) in [6.45, 7) is 3.15. The highest BCUT2D eigenvalue weighted by Gasteiger charge is 2.23. The molecule has 1 aromatic rings. The summed E-state index contributed by atoms with van der Waals surface area (Å²) in [6.07, 6.45) is 0. The Morgan fingerprint density at radius 3 is 2.63 bits per heavy atom. The highest BCUT2D eigenvalue weighted by Crippen LogP contribution is 2.28. The van der Waals surface area contributed by atoms with Crippen molar-refractivity contribution in [2.45, 2.75) is 19.4 Å². The van der Waals surface area contributed by atoms with E-state index in [0.29, 0.717) is 0 Å². The molecule has 19 heavy (non-hydrogen) atoms. The third kappa shape index (κ3) is 3.65. The van der Waals surface area contributed by atoms with E-state index in [9.17, 15) is 20.0 Å². The number of aliphatic hydroxyl groups is 1. The molecular formula is C12H16N2O5. The summed E-state index contributed by atoms with van der Waals surface area (Å²) in [7, 11) is 1.23. The van der Waals surface area contributed by atoms with E-state index < -0.39 is 16.4 Å². The molecule has 0 spiro atoms. The van der Waals surface area contributed by atoms with Crippen LogP contribution in [0, 0.1) is 10.1 Å². The summed E-state index contributed by atoms with van der Waals surface area (Å²) < 4.78 is 4.56. The topological polar surface area (TPSA) is 102 Å². The van der Waals surface area contributed by atoms with E-state index in [1.54, 1.807) is 13.8 Å². The molecule has 1 rings (SSSR count). The lowest BCUT2D eigenvalue weighted by Gasteiger charge is -2.24. The Kier molecular flexibility index (Phi) is 4.44. The molecule has 7 nitrogen and oxygen atoms in total. The maximum Gasteiger partial charge on any atom is 0.337 e. The van der Waals surface area contributed by atoms with Crippen molar-refractivity contribution in [1.29, 1.82) is 0 Å². The number of carbonyl (C=O) groups is 1. The van der Waals surface area contributed by atoms with E-state index in [-0.39, 0.29) is 23.5 Å². The minimum atomic E-state index is -0.750. The van der Waals surface area contributed by atoms with Gasteiger partial charge in [0.05, 0.1) is 29.7 Å². The number of ether oxygens (including phenoxy) is 1. The number of nitro benzene ring substituents is 1. The molecule has 104 valence electrons. The largest absolute Gasteiger partial charge is 0.465 e. The standard InChI is InChI=1S/C12H16N2O5/c1-12(2,7-15)13-9-6-8(11(16)19-3)4-5-10(9)14(17)18/h4-6,13,15H,7H2,1-3H3. The van der Waals surface area contributed by atoms with Crippen LogP contribution in [0.4, 0.5) is 11.4 Å². The first-order chi connectivity index (χ1) is 8.80. The van der Waals surface area contributed by atoms with Gasteiger partial charge in [-0.25, -0.2) is 4.79 Å². The molecule has 2 N–H and O–H groups in total. The number of rotatable bonds is 5. The van der Waals surface area contributed by atoms with Crippen molar-refractivity contribution in [3.05, 3.63) is 33.9 Å². The SMILES string of the molecule is COC(=O)c1ccc([N+](=O)[O-])c(NC(C)(C)CO)c1. The summed E-state index contributed by atoms with van der Waals surface area (Å²) in [5.41, 5.74) is -0.565. The number of benzene rings is 1. The van der Waals surface area contributed by atoms with Gasteiger partial charge >= 0.3 is 5.97 Å². The van der Waals surface area contributed by atoms with Gasteiger partial charge in [-0.1, -0.05) is 0 Å². The van der Waals surface area contributed by atoms with Gasteiger partial charge < -0.3 is 15.2 Å². The Balaban J connectivity index is 3.23. The molecule has 0 aliphatic carbocycles.